The summed E-state index contributed by atoms with van der Waals surface area (Å²) in [5, 5.41) is 9.83. The molecule has 1 aliphatic rings. The lowest BCUT2D eigenvalue weighted by atomic mass is 9.82. The normalized spacial score (nSPS) is 38.1. The third-order valence-corrected chi connectivity index (χ3v) is 2.70. The van der Waals surface area contributed by atoms with Crippen molar-refractivity contribution >= 4 is 5.91 Å². The van der Waals surface area contributed by atoms with E-state index in [2.05, 4.69) is 4.90 Å². The molecule has 0 spiro atoms. The first-order chi connectivity index (χ1) is 5.47. The second kappa shape index (κ2) is 3.03. The summed E-state index contributed by atoms with van der Waals surface area (Å²) >= 11 is 0. The topological polar surface area (TPSA) is 66.6 Å². The number of hydrogen-bond donors (Lipinski definition) is 2. The summed E-state index contributed by atoms with van der Waals surface area (Å²) in [6.45, 7) is 3.30. The van der Waals surface area contributed by atoms with Crippen molar-refractivity contribution in [3.63, 3.8) is 0 Å². The van der Waals surface area contributed by atoms with Crippen LogP contribution in [-0.2, 0) is 4.79 Å². The predicted octanol–water partition coefficient (Wildman–Crippen LogP) is -0.826. The van der Waals surface area contributed by atoms with Crippen LogP contribution in [0.1, 0.15) is 13.3 Å². The quantitative estimate of drug-likeness (QED) is 0.543. The lowest BCUT2D eigenvalue weighted by Gasteiger charge is -2.39. The molecular weight excluding hydrogens is 156 g/mol. The summed E-state index contributed by atoms with van der Waals surface area (Å²) in [7, 11) is 1.97. The lowest BCUT2D eigenvalue weighted by Crippen LogP contribution is -2.57. The Bertz CT molecular complexity index is 195. The van der Waals surface area contributed by atoms with E-state index >= 15 is 0 Å². The fourth-order valence-corrected chi connectivity index (χ4v) is 1.68. The maximum atomic E-state index is 10.9. The molecule has 1 rings (SSSR count). The van der Waals surface area contributed by atoms with Crippen LogP contribution in [0.2, 0.25) is 0 Å². The number of amides is 1. The number of nitrogens with zero attached hydrogens (tertiary/aromatic N) is 1. The standard InChI is InChI=1S/C8H16N2O2/c1-6-5-10(2)4-3-8(6,12)7(9)11/h6,12H,3-5H2,1-2H3,(H2,9,11). The van der Waals surface area contributed by atoms with E-state index in [1.54, 1.807) is 0 Å². The van der Waals surface area contributed by atoms with E-state index in [4.69, 9.17) is 5.73 Å². The van der Waals surface area contributed by atoms with Crippen LogP contribution in [0.5, 0.6) is 0 Å². The van der Waals surface area contributed by atoms with Gasteiger partial charge in [0.2, 0.25) is 5.91 Å². The first kappa shape index (κ1) is 9.48. The zero-order chi connectivity index (χ0) is 9.35. The van der Waals surface area contributed by atoms with Crippen LogP contribution < -0.4 is 5.73 Å². The van der Waals surface area contributed by atoms with Crippen molar-refractivity contribution in [3.05, 3.63) is 0 Å². The van der Waals surface area contributed by atoms with Gasteiger partial charge in [-0.05, 0) is 13.5 Å². The highest BCUT2D eigenvalue weighted by atomic mass is 16.3. The number of aliphatic hydroxyl groups is 1. The number of piperidine rings is 1. The Hall–Kier alpha value is -0.610. The molecule has 1 heterocycles. The fourth-order valence-electron chi connectivity index (χ4n) is 1.68. The van der Waals surface area contributed by atoms with Crippen molar-refractivity contribution in [1.82, 2.24) is 4.90 Å². The molecule has 2 unspecified atom stereocenters. The van der Waals surface area contributed by atoms with E-state index in [0.717, 1.165) is 13.1 Å². The SMILES string of the molecule is CC1CN(C)CCC1(O)C(N)=O. The maximum Gasteiger partial charge on any atom is 0.249 e. The Morgan fingerprint density at radius 1 is 1.75 bits per heavy atom. The number of primary amides is 1. The van der Waals surface area contributed by atoms with Gasteiger partial charge in [0, 0.05) is 19.0 Å². The molecule has 4 nitrogen and oxygen atoms in total. The molecule has 0 radical (unpaired) electrons. The molecule has 1 amide bonds. The highest BCUT2D eigenvalue weighted by Gasteiger charge is 2.42. The highest BCUT2D eigenvalue weighted by molar-refractivity contribution is 5.83. The van der Waals surface area contributed by atoms with Crippen molar-refractivity contribution in [2.75, 3.05) is 20.1 Å². The molecule has 2 atom stereocenters. The van der Waals surface area contributed by atoms with E-state index < -0.39 is 11.5 Å². The van der Waals surface area contributed by atoms with Crippen LogP contribution in [0.25, 0.3) is 0 Å². The fraction of sp³-hybridized carbons (Fsp3) is 0.875. The van der Waals surface area contributed by atoms with Gasteiger partial charge in [-0.15, -0.1) is 0 Å². The number of nitrogens with two attached hydrogens (primary N) is 1. The smallest absolute Gasteiger partial charge is 0.249 e. The van der Waals surface area contributed by atoms with Crippen molar-refractivity contribution in [2.24, 2.45) is 11.7 Å². The average molecular weight is 172 g/mol. The molecule has 0 aliphatic carbocycles. The summed E-state index contributed by atoms with van der Waals surface area (Å²) in [6, 6.07) is 0. The van der Waals surface area contributed by atoms with E-state index in [1.807, 2.05) is 14.0 Å². The van der Waals surface area contributed by atoms with E-state index in [-0.39, 0.29) is 5.92 Å². The minimum Gasteiger partial charge on any atom is -0.380 e. The zero-order valence-corrected chi connectivity index (χ0v) is 7.58. The van der Waals surface area contributed by atoms with Crippen molar-refractivity contribution in [1.29, 1.82) is 0 Å². The van der Waals surface area contributed by atoms with Gasteiger partial charge in [0.15, 0.2) is 0 Å². The van der Waals surface area contributed by atoms with Crippen molar-refractivity contribution < 1.29 is 9.90 Å². The molecule has 70 valence electrons. The van der Waals surface area contributed by atoms with Crippen LogP contribution in [0.4, 0.5) is 0 Å². The van der Waals surface area contributed by atoms with Crippen LogP contribution in [-0.4, -0.2) is 41.7 Å². The van der Waals surface area contributed by atoms with Crippen molar-refractivity contribution in [2.45, 2.75) is 18.9 Å². The zero-order valence-electron chi connectivity index (χ0n) is 7.58. The van der Waals surface area contributed by atoms with Gasteiger partial charge in [-0.2, -0.15) is 0 Å². The Morgan fingerprint density at radius 3 is 2.75 bits per heavy atom. The van der Waals surface area contributed by atoms with Gasteiger partial charge >= 0.3 is 0 Å². The molecule has 3 N–H and O–H groups in total. The van der Waals surface area contributed by atoms with Gasteiger partial charge in [-0.3, -0.25) is 4.79 Å². The number of carbonyl (C=O) groups excluding carboxylic acids is 1. The molecule has 12 heavy (non-hydrogen) atoms. The molecule has 1 fully saturated rings. The Kier molecular flexibility index (Phi) is 2.39. The van der Waals surface area contributed by atoms with Crippen LogP contribution in [0.15, 0.2) is 0 Å². The average Bonchev–Trinajstić information content (AvgIpc) is 1.97. The van der Waals surface area contributed by atoms with Gasteiger partial charge in [0.25, 0.3) is 0 Å². The summed E-state index contributed by atoms with van der Waals surface area (Å²) in [5.41, 5.74) is 3.84. The van der Waals surface area contributed by atoms with Crippen LogP contribution in [0, 0.1) is 5.92 Å². The molecule has 1 aliphatic heterocycles. The molecular formula is C8H16N2O2. The van der Waals surface area contributed by atoms with Crippen LogP contribution in [0.3, 0.4) is 0 Å². The molecule has 4 heteroatoms. The summed E-state index contributed by atoms with van der Waals surface area (Å²) < 4.78 is 0. The maximum absolute atomic E-state index is 10.9. The molecule has 0 aromatic carbocycles. The minimum absolute atomic E-state index is 0.0752. The summed E-state index contributed by atoms with van der Waals surface area (Å²) in [4.78, 5) is 13.0. The summed E-state index contributed by atoms with van der Waals surface area (Å²) in [5.74, 6) is -0.670. The summed E-state index contributed by atoms with van der Waals surface area (Å²) in [6.07, 6.45) is 0.444. The Morgan fingerprint density at radius 2 is 2.33 bits per heavy atom. The monoisotopic (exact) mass is 172 g/mol. The Balaban J connectivity index is 2.72. The first-order valence-corrected chi connectivity index (χ1v) is 4.17. The molecule has 1 saturated heterocycles. The minimum atomic E-state index is -1.29. The van der Waals surface area contributed by atoms with Gasteiger partial charge in [-0.1, -0.05) is 6.92 Å². The van der Waals surface area contributed by atoms with Gasteiger partial charge in [0.1, 0.15) is 5.60 Å². The predicted molar refractivity (Wildman–Crippen MR) is 45.4 cm³/mol. The third kappa shape index (κ3) is 1.44. The second-order valence-corrected chi connectivity index (χ2v) is 3.70. The molecule has 0 bridgehead atoms. The first-order valence-electron chi connectivity index (χ1n) is 4.17. The van der Waals surface area contributed by atoms with Crippen LogP contribution >= 0.6 is 0 Å². The largest absolute Gasteiger partial charge is 0.380 e. The number of carbonyl (C=O) groups is 1. The molecule has 0 aromatic rings. The van der Waals surface area contributed by atoms with E-state index in [1.165, 1.54) is 0 Å². The number of likely N-dealkylation sites (tertiary alicyclic amines) is 1. The van der Waals surface area contributed by atoms with Crippen molar-refractivity contribution in [3.8, 4) is 0 Å². The second-order valence-electron chi connectivity index (χ2n) is 3.70. The molecule has 0 aromatic heterocycles. The lowest BCUT2D eigenvalue weighted by molar-refractivity contribution is -0.147. The Labute approximate surface area is 72.3 Å². The third-order valence-electron chi connectivity index (χ3n) is 2.70. The van der Waals surface area contributed by atoms with Gasteiger partial charge < -0.3 is 15.7 Å². The number of hydrogen-bond acceptors (Lipinski definition) is 3. The van der Waals surface area contributed by atoms with Gasteiger partial charge in [-0.25, -0.2) is 0 Å². The highest BCUT2D eigenvalue weighted by Crippen LogP contribution is 2.26. The van der Waals surface area contributed by atoms with E-state index in [9.17, 15) is 9.90 Å². The van der Waals surface area contributed by atoms with Gasteiger partial charge in [0.05, 0.1) is 0 Å². The van der Waals surface area contributed by atoms with E-state index in [0.29, 0.717) is 6.42 Å². The number of rotatable bonds is 1. The molecule has 0 saturated carbocycles.